The second kappa shape index (κ2) is 5.73. The van der Waals surface area contributed by atoms with E-state index < -0.39 is 0 Å². The lowest BCUT2D eigenvalue weighted by Gasteiger charge is -2.37. The highest BCUT2D eigenvalue weighted by Gasteiger charge is 2.49. The monoisotopic (exact) mass is 324 g/mol. The van der Waals surface area contributed by atoms with Crippen LogP contribution in [0.2, 0.25) is 0 Å². The van der Waals surface area contributed by atoms with E-state index in [2.05, 4.69) is 19.1 Å². The molecule has 2 atom stereocenters. The van der Waals surface area contributed by atoms with Crippen LogP contribution >= 0.6 is 0 Å². The van der Waals surface area contributed by atoms with Crippen LogP contribution in [0.3, 0.4) is 0 Å². The largest absolute Gasteiger partial charge is 0.427 e. The van der Waals surface area contributed by atoms with Gasteiger partial charge in [0.15, 0.2) is 0 Å². The van der Waals surface area contributed by atoms with Gasteiger partial charge in [0.25, 0.3) is 0 Å². The van der Waals surface area contributed by atoms with E-state index in [0.29, 0.717) is 23.9 Å². The molecule has 0 aromatic heterocycles. The summed E-state index contributed by atoms with van der Waals surface area (Å²) >= 11 is 0. The van der Waals surface area contributed by atoms with E-state index in [1.165, 1.54) is 23.4 Å². The molecule has 0 N–H and O–H groups in total. The molecular formula is C21H24O3. The summed E-state index contributed by atoms with van der Waals surface area (Å²) in [6.45, 7) is 3.55. The molecule has 0 bridgehead atoms. The highest BCUT2D eigenvalue weighted by atomic mass is 16.5. The van der Waals surface area contributed by atoms with Crippen LogP contribution in [0.5, 0.6) is 5.75 Å². The lowest BCUT2D eigenvalue weighted by Crippen LogP contribution is -2.32. The van der Waals surface area contributed by atoms with Crippen molar-refractivity contribution >= 4 is 22.5 Å². The maximum atomic E-state index is 12.3. The third-order valence-corrected chi connectivity index (χ3v) is 5.74. The molecular weight excluding hydrogens is 300 g/mol. The summed E-state index contributed by atoms with van der Waals surface area (Å²) in [5.41, 5.74) is 2.55. The molecule has 3 heteroatoms. The highest BCUT2D eigenvalue weighted by molar-refractivity contribution is 5.92. The summed E-state index contributed by atoms with van der Waals surface area (Å²) in [6, 6.07) is 10.1. The first kappa shape index (κ1) is 16.7. The Morgan fingerprint density at radius 2 is 2.00 bits per heavy atom. The van der Waals surface area contributed by atoms with Crippen LogP contribution in [-0.4, -0.2) is 11.8 Å². The van der Waals surface area contributed by atoms with Crippen molar-refractivity contribution in [3.63, 3.8) is 0 Å². The van der Waals surface area contributed by atoms with Gasteiger partial charge in [-0.2, -0.15) is 0 Å². The van der Waals surface area contributed by atoms with Crippen LogP contribution in [-0.2, 0) is 16.0 Å². The number of carbonyl (C=O) groups excluding carboxylic acids is 2. The molecule has 2 aromatic carbocycles. The van der Waals surface area contributed by atoms with Crippen LogP contribution in [0, 0.1) is 5.41 Å². The van der Waals surface area contributed by atoms with Crippen LogP contribution < -0.4 is 4.74 Å². The lowest BCUT2D eigenvalue weighted by atomic mass is 9.66. The molecule has 0 unspecified atom stereocenters. The average molecular weight is 324 g/mol. The average Bonchev–Trinajstić information content (AvgIpc) is 2.82. The van der Waals surface area contributed by atoms with E-state index in [4.69, 9.17) is 4.74 Å². The Kier molecular flexibility index (Phi) is 3.98. The molecule has 2 aliphatic carbocycles. The van der Waals surface area contributed by atoms with Crippen molar-refractivity contribution in [2.24, 2.45) is 5.41 Å². The number of aryl methyl sites for hydroxylation is 1. The molecule has 2 aromatic rings. The molecule has 0 heterocycles. The smallest absolute Gasteiger partial charge is 0.308 e. The van der Waals surface area contributed by atoms with Crippen molar-refractivity contribution in [1.82, 2.24) is 0 Å². The van der Waals surface area contributed by atoms with Gasteiger partial charge in [-0.15, -0.1) is 0 Å². The maximum Gasteiger partial charge on any atom is 0.308 e. The summed E-state index contributed by atoms with van der Waals surface area (Å²) < 4.78 is 5.18. The summed E-state index contributed by atoms with van der Waals surface area (Å²) in [5.74, 6) is 1.07. The Morgan fingerprint density at radius 3 is 2.75 bits per heavy atom. The van der Waals surface area contributed by atoms with E-state index in [1.807, 2.05) is 18.2 Å². The Hall–Kier alpha value is -2.16. The number of hydrogen-bond donors (Lipinski definition) is 0. The summed E-state index contributed by atoms with van der Waals surface area (Å²) in [4.78, 5) is 23.4. The highest BCUT2D eigenvalue weighted by Crippen LogP contribution is 2.54. The normalized spacial score (nSPS) is 24.9. The molecule has 0 radical (unpaired) electrons. The van der Waals surface area contributed by atoms with Gasteiger partial charge in [-0.25, -0.2) is 0 Å². The number of benzene rings is 2. The number of ether oxygens (including phenoxy) is 1. The van der Waals surface area contributed by atoms with Crippen LogP contribution in [0.4, 0.5) is 0 Å². The SMILES string of the molecule is C.CC(=O)Oc1ccc2c3c(ccc2c1)[C@H]1CCC(=O)[C@@]1(C)CC3. The van der Waals surface area contributed by atoms with Gasteiger partial charge in [0.05, 0.1) is 0 Å². The predicted molar refractivity (Wildman–Crippen MR) is 95.4 cm³/mol. The zero-order valence-electron chi connectivity index (χ0n) is 13.5. The zero-order chi connectivity index (χ0) is 16.2. The number of fused-ring (bicyclic) bond motifs is 5. The molecule has 3 nitrogen and oxygen atoms in total. The fourth-order valence-corrected chi connectivity index (χ4v) is 4.50. The predicted octanol–water partition coefficient (Wildman–Crippen LogP) is 4.80. The van der Waals surface area contributed by atoms with Gasteiger partial charge in [0.1, 0.15) is 11.5 Å². The Labute approximate surface area is 143 Å². The summed E-state index contributed by atoms with van der Waals surface area (Å²) in [5, 5.41) is 2.32. The first-order chi connectivity index (χ1) is 11.0. The number of rotatable bonds is 1. The van der Waals surface area contributed by atoms with E-state index in [9.17, 15) is 9.59 Å². The molecule has 0 saturated heterocycles. The van der Waals surface area contributed by atoms with Gasteiger partial charge in [0, 0.05) is 18.8 Å². The third-order valence-electron chi connectivity index (χ3n) is 5.74. The van der Waals surface area contributed by atoms with Crippen molar-refractivity contribution in [1.29, 1.82) is 0 Å². The first-order valence-corrected chi connectivity index (χ1v) is 8.26. The van der Waals surface area contributed by atoms with E-state index >= 15 is 0 Å². The fourth-order valence-electron chi connectivity index (χ4n) is 4.50. The van der Waals surface area contributed by atoms with Gasteiger partial charge in [0.2, 0.25) is 0 Å². The van der Waals surface area contributed by atoms with E-state index in [0.717, 1.165) is 24.6 Å². The third kappa shape index (κ3) is 2.34. The molecule has 4 rings (SSSR count). The fraction of sp³-hybridized carbons (Fsp3) is 0.429. The van der Waals surface area contributed by atoms with Crippen molar-refractivity contribution < 1.29 is 14.3 Å². The standard InChI is InChI=1S/C20H20O3.CH4/c1-12(21)23-14-4-6-15-13(11-14)3-5-17-16(15)9-10-20(2)18(17)7-8-19(20)22;/h3-6,11,18H,7-10H2,1-2H3;1H4/t18-,20+;/m1./s1. The molecule has 2 aliphatic rings. The van der Waals surface area contributed by atoms with Gasteiger partial charge in [-0.1, -0.05) is 32.5 Å². The Bertz CT molecular complexity index is 836. The Balaban J connectivity index is 0.00000169. The topological polar surface area (TPSA) is 43.4 Å². The Morgan fingerprint density at radius 1 is 1.21 bits per heavy atom. The van der Waals surface area contributed by atoms with E-state index in [1.54, 1.807) is 0 Å². The first-order valence-electron chi connectivity index (χ1n) is 8.26. The molecule has 1 saturated carbocycles. The number of esters is 1. The minimum absolute atomic E-state index is 0. The number of carbonyl (C=O) groups is 2. The number of Topliss-reactive ketones (excluding diaryl/α,β-unsaturated/α-hetero) is 1. The van der Waals surface area contributed by atoms with E-state index in [-0.39, 0.29) is 18.8 Å². The zero-order valence-corrected chi connectivity index (χ0v) is 13.5. The molecule has 0 aliphatic heterocycles. The van der Waals surface area contributed by atoms with Crippen LogP contribution in [0.25, 0.3) is 10.8 Å². The van der Waals surface area contributed by atoms with Gasteiger partial charge in [-0.3, -0.25) is 9.59 Å². The second-order valence-corrected chi connectivity index (χ2v) is 7.04. The summed E-state index contributed by atoms with van der Waals surface area (Å²) in [7, 11) is 0. The van der Waals surface area contributed by atoms with Gasteiger partial charge in [-0.05, 0) is 59.2 Å². The number of hydrogen-bond acceptors (Lipinski definition) is 3. The minimum atomic E-state index is -0.303. The molecule has 126 valence electrons. The van der Waals surface area contributed by atoms with Gasteiger partial charge < -0.3 is 4.74 Å². The van der Waals surface area contributed by atoms with Crippen LogP contribution in [0.1, 0.15) is 57.6 Å². The molecule has 0 amide bonds. The van der Waals surface area contributed by atoms with Crippen molar-refractivity contribution in [2.75, 3.05) is 0 Å². The number of ketones is 1. The van der Waals surface area contributed by atoms with Crippen molar-refractivity contribution in [3.8, 4) is 5.75 Å². The molecule has 1 fully saturated rings. The maximum absolute atomic E-state index is 12.3. The molecule has 24 heavy (non-hydrogen) atoms. The second-order valence-electron chi connectivity index (χ2n) is 7.04. The minimum Gasteiger partial charge on any atom is -0.427 e. The van der Waals surface area contributed by atoms with Gasteiger partial charge >= 0.3 is 5.97 Å². The van der Waals surface area contributed by atoms with Crippen molar-refractivity contribution in [3.05, 3.63) is 41.5 Å². The quantitative estimate of drug-likeness (QED) is 0.559. The lowest BCUT2D eigenvalue weighted by molar-refractivity contribution is -0.132. The van der Waals surface area contributed by atoms with Crippen LogP contribution in [0.15, 0.2) is 30.3 Å². The van der Waals surface area contributed by atoms with Crippen molar-refractivity contribution in [2.45, 2.75) is 52.9 Å². The summed E-state index contributed by atoms with van der Waals surface area (Å²) in [6.07, 6.45) is 3.57. The molecule has 0 spiro atoms.